The average molecular weight is 312 g/mol. The van der Waals surface area contributed by atoms with E-state index in [1.54, 1.807) is 4.90 Å². The Balaban J connectivity index is 1.83. The lowest BCUT2D eigenvalue weighted by molar-refractivity contribution is 0.132. The van der Waals surface area contributed by atoms with Gasteiger partial charge in [-0.05, 0) is 43.7 Å². The van der Waals surface area contributed by atoms with Crippen molar-refractivity contribution < 1.29 is 18.7 Å². The molecule has 1 heterocycles. The number of urea groups is 1. The molecule has 0 spiro atoms. The van der Waals surface area contributed by atoms with Crippen molar-refractivity contribution >= 4 is 6.03 Å². The Morgan fingerprint density at radius 1 is 1.36 bits per heavy atom. The van der Waals surface area contributed by atoms with E-state index in [9.17, 15) is 13.6 Å². The second-order valence-corrected chi connectivity index (χ2v) is 5.57. The summed E-state index contributed by atoms with van der Waals surface area (Å²) in [5, 5.41) is 11.8. The predicted molar refractivity (Wildman–Crippen MR) is 79.5 cm³/mol. The Labute approximate surface area is 129 Å². The number of likely N-dealkylation sites (tertiary alicyclic amines) is 1. The van der Waals surface area contributed by atoms with Crippen molar-refractivity contribution in [3.63, 3.8) is 0 Å². The molecule has 2 rings (SSSR count). The van der Waals surface area contributed by atoms with Crippen LogP contribution in [0.15, 0.2) is 18.2 Å². The summed E-state index contributed by atoms with van der Waals surface area (Å²) in [5.74, 6) is -1.20. The molecule has 2 N–H and O–H groups in total. The first-order chi connectivity index (χ1) is 10.6. The van der Waals surface area contributed by atoms with E-state index in [0.717, 1.165) is 25.3 Å². The highest BCUT2D eigenvalue weighted by molar-refractivity contribution is 5.74. The SMILES string of the molecule is O=C(NCCc1ccc(F)cc1F)N1CCCC[C@@H]1CCO. The van der Waals surface area contributed by atoms with E-state index in [2.05, 4.69) is 5.32 Å². The summed E-state index contributed by atoms with van der Waals surface area (Å²) in [6.07, 6.45) is 3.83. The minimum Gasteiger partial charge on any atom is -0.396 e. The van der Waals surface area contributed by atoms with Crippen LogP contribution in [0.25, 0.3) is 0 Å². The number of amides is 2. The van der Waals surface area contributed by atoms with Gasteiger partial charge in [0.1, 0.15) is 11.6 Å². The van der Waals surface area contributed by atoms with Gasteiger partial charge < -0.3 is 15.3 Å². The fourth-order valence-electron chi connectivity index (χ4n) is 2.85. The van der Waals surface area contributed by atoms with Gasteiger partial charge in [-0.25, -0.2) is 13.6 Å². The van der Waals surface area contributed by atoms with Crippen LogP contribution in [0.2, 0.25) is 0 Å². The largest absolute Gasteiger partial charge is 0.396 e. The first-order valence-corrected chi connectivity index (χ1v) is 7.71. The fourth-order valence-corrected chi connectivity index (χ4v) is 2.85. The van der Waals surface area contributed by atoms with Crippen LogP contribution in [0.5, 0.6) is 0 Å². The summed E-state index contributed by atoms with van der Waals surface area (Å²) in [4.78, 5) is 13.9. The number of piperidine rings is 1. The minimum atomic E-state index is -0.606. The van der Waals surface area contributed by atoms with E-state index in [4.69, 9.17) is 5.11 Å². The van der Waals surface area contributed by atoms with Crippen LogP contribution < -0.4 is 5.32 Å². The van der Waals surface area contributed by atoms with Crippen LogP contribution in [-0.4, -0.2) is 41.8 Å². The van der Waals surface area contributed by atoms with E-state index < -0.39 is 11.6 Å². The third-order valence-electron chi connectivity index (χ3n) is 4.04. The van der Waals surface area contributed by atoms with E-state index >= 15 is 0 Å². The van der Waals surface area contributed by atoms with Crippen LogP contribution >= 0.6 is 0 Å². The van der Waals surface area contributed by atoms with Crippen LogP contribution in [-0.2, 0) is 6.42 Å². The molecule has 0 bridgehead atoms. The number of carbonyl (C=O) groups is 1. The number of hydrogen-bond donors (Lipinski definition) is 2. The molecule has 1 saturated heterocycles. The van der Waals surface area contributed by atoms with Crippen molar-refractivity contribution in [1.29, 1.82) is 0 Å². The van der Waals surface area contributed by atoms with Gasteiger partial charge in [0.05, 0.1) is 0 Å². The minimum absolute atomic E-state index is 0.0647. The van der Waals surface area contributed by atoms with E-state index in [-0.39, 0.29) is 18.7 Å². The summed E-state index contributed by atoms with van der Waals surface area (Å²) in [6.45, 7) is 1.04. The van der Waals surface area contributed by atoms with Crippen molar-refractivity contribution in [3.05, 3.63) is 35.4 Å². The first kappa shape index (κ1) is 16.7. The lowest BCUT2D eigenvalue weighted by Gasteiger charge is -2.35. The molecule has 1 aliphatic rings. The number of hydrogen-bond acceptors (Lipinski definition) is 2. The van der Waals surface area contributed by atoms with Crippen molar-refractivity contribution in [1.82, 2.24) is 10.2 Å². The number of aliphatic hydroxyl groups excluding tert-OH is 1. The van der Waals surface area contributed by atoms with Gasteiger partial charge in [0.15, 0.2) is 0 Å². The third-order valence-corrected chi connectivity index (χ3v) is 4.04. The monoisotopic (exact) mass is 312 g/mol. The van der Waals surface area contributed by atoms with E-state index in [1.807, 2.05) is 0 Å². The zero-order valence-corrected chi connectivity index (χ0v) is 12.5. The number of nitrogens with zero attached hydrogens (tertiary/aromatic N) is 1. The maximum absolute atomic E-state index is 13.5. The molecule has 1 atom stereocenters. The van der Waals surface area contributed by atoms with Gasteiger partial charge in [-0.1, -0.05) is 6.07 Å². The van der Waals surface area contributed by atoms with Crippen LogP contribution in [0.4, 0.5) is 13.6 Å². The lowest BCUT2D eigenvalue weighted by atomic mass is 10.0. The maximum Gasteiger partial charge on any atom is 0.317 e. The van der Waals surface area contributed by atoms with Gasteiger partial charge >= 0.3 is 6.03 Å². The van der Waals surface area contributed by atoms with Crippen LogP contribution in [0.1, 0.15) is 31.2 Å². The van der Waals surface area contributed by atoms with Gasteiger partial charge in [-0.15, -0.1) is 0 Å². The van der Waals surface area contributed by atoms with Crippen molar-refractivity contribution in [2.45, 2.75) is 38.1 Å². The highest BCUT2D eigenvalue weighted by Gasteiger charge is 2.25. The predicted octanol–water partition coefficient (Wildman–Crippen LogP) is 2.45. The number of aliphatic hydroxyl groups is 1. The van der Waals surface area contributed by atoms with Crippen molar-refractivity contribution in [3.8, 4) is 0 Å². The molecule has 6 heteroatoms. The molecule has 0 unspecified atom stereocenters. The molecule has 22 heavy (non-hydrogen) atoms. The summed E-state index contributed by atoms with van der Waals surface area (Å²) in [7, 11) is 0. The Morgan fingerprint density at radius 3 is 2.91 bits per heavy atom. The van der Waals surface area contributed by atoms with Gasteiger partial charge in [-0.3, -0.25) is 0 Å². The topological polar surface area (TPSA) is 52.6 Å². The van der Waals surface area contributed by atoms with Crippen molar-refractivity contribution in [2.75, 3.05) is 19.7 Å². The molecule has 0 radical (unpaired) electrons. The number of rotatable bonds is 5. The Bertz CT molecular complexity index is 509. The molecule has 4 nitrogen and oxygen atoms in total. The lowest BCUT2D eigenvalue weighted by Crippen LogP contribution is -2.49. The molecule has 0 aromatic heterocycles. The third kappa shape index (κ3) is 4.40. The second-order valence-electron chi connectivity index (χ2n) is 5.57. The van der Waals surface area contributed by atoms with E-state index in [0.29, 0.717) is 31.5 Å². The standard InChI is InChI=1S/C16H22F2N2O2/c17-13-5-4-12(15(18)11-13)6-8-19-16(22)20-9-2-1-3-14(20)7-10-21/h4-5,11,14,21H,1-3,6-10H2,(H,19,22)/t14-/m1/s1. The number of halogens is 2. The zero-order valence-electron chi connectivity index (χ0n) is 12.5. The Hall–Kier alpha value is -1.69. The molecule has 1 aromatic rings. The average Bonchev–Trinajstić information content (AvgIpc) is 2.50. The summed E-state index contributed by atoms with van der Waals surface area (Å²) >= 11 is 0. The molecule has 1 aromatic carbocycles. The molecule has 1 aliphatic heterocycles. The molecule has 1 fully saturated rings. The van der Waals surface area contributed by atoms with E-state index in [1.165, 1.54) is 12.1 Å². The molecule has 122 valence electrons. The van der Waals surface area contributed by atoms with Crippen LogP contribution in [0.3, 0.4) is 0 Å². The summed E-state index contributed by atoms with van der Waals surface area (Å²) < 4.78 is 26.3. The van der Waals surface area contributed by atoms with Gasteiger partial charge in [0.25, 0.3) is 0 Å². The zero-order chi connectivity index (χ0) is 15.9. The van der Waals surface area contributed by atoms with Gasteiger partial charge in [0, 0.05) is 31.8 Å². The van der Waals surface area contributed by atoms with Crippen LogP contribution in [0, 0.1) is 11.6 Å². The molecular weight excluding hydrogens is 290 g/mol. The first-order valence-electron chi connectivity index (χ1n) is 7.71. The maximum atomic E-state index is 13.5. The molecule has 2 amide bonds. The smallest absolute Gasteiger partial charge is 0.317 e. The van der Waals surface area contributed by atoms with Gasteiger partial charge in [-0.2, -0.15) is 0 Å². The number of carbonyl (C=O) groups excluding carboxylic acids is 1. The van der Waals surface area contributed by atoms with Gasteiger partial charge in [0.2, 0.25) is 0 Å². The second kappa shape index (κ2) is 8.08. The summed E-state index contributed by atoms with van der Waals surface area (Å²) in [5.41, 5.74) is 0.382. The highest BCUT2D eigenvalue weighted by atomic mass is 19.1. The molecule has 0 saturated carbocycles. The Morgan fingerprint density at radius 2 is 2.18 bits per heavy atom. The highest BCUT2D eigenvalue weighted by Crippen LogP contribution is 2.19. The van der Waals surface area contributed by atoms with Crippen molar-refractivity contribution in [2.24, 2.45) is 0 Å². The normalized spacial score (nSPS) is 18.3. The molecule has 0 aliphatic carbocycles. The summed E-state index contributed by atoms with van der Waals surface area (Å²) in [6, 6.07) is 3.34. The Kier molecular flexibility index (Phi) is 6.12. The molecular formula is C16H22F2N2O2. The number of nitrogens with one attached hydrogen (secondary N) is 1. The fraction of sp³-hybridized carbons (Fsp3) is 0.562. The quantitative estimate of drug-likeness (QED) is 0.877. The number of benzene rings is 1.